The van der Waals surface area contributed by atoms with Gasteiger partial charge < -0.3 is 5.11 Å². The van der Waals surface area contributed by atoms with Crippen LogP contribution in [0.3, 0.4) is 0 Å². The second-order valence-electron chi connectivity index (χ2n) is 7.48. The Balaban J connectivity index is 2.46. The first-order valence-electron chi connectivity index (χ1n) is 9.27. The summed E-state index contributed by atoms with van der Waals surface area (Å²) in [7, 11) is 1.54. The maximum atomic E-state index is 11.9. The Morgan fingerprint density at radius 2 is 1.86 bits per heavy atom. The van der Waals surface area contributed by atoms with Gasteiger partial charge >= 0.3 is 6.09 Å². The van der Waals surface area contributed by atoms with Crippen molar-refractivity contribution >= 4 is 29.0 Å². The molecule has 0 saturated carbocycles. The van der Waals surface area contributed by atoms with Crippen LogP contribution in [0.1, 0.15) is 35.5 Å². The summed E-state index contributed by atoms with van der Waals surface area (Å²) in [6.07, 6.45) is 0.393. The molecule has 0 aliphatic rings. The number of rotatable bonds is 5. The molecule has 0 aliphatic carbocycles. The first kappa shape index (κ1) is 19.5. The topological polar surface area (TPSA) is 70.5 Å². The summed E-state index contributed by atoms with van der Waals surface area (Å²) in [6.45, 7) is 6.17. The Morgan fingerprint density at radius 3 is 2.43 bits per heavy atom. The normalized spacial score (nSPS) is 11.0. The average Bonchev–Trinajstić information content (AvgIpc) is 2.66. The molecule has 3 aromatic rings. The van der Waals surface area contributed by atoms with E-state index in [1.54, 1.807) is 12.1 Å². The molecule has 0 spiro atoms. The van der Waals surface area contributed by atoms with Gasteiger partial charge in [0.05, 0.1) is 16.9 Å². The van der Waals surface area contributed by atoms with Crippen LogP contribution >= 0.6 is 0 Å². The quantitative estimate of drug-likeness (QED) is 0.611. The van der Waals surface area contributed by atoms with Gasteiger partial charge in [0.2, 0.25) is 0 Å². The highest BCUT2D eigenvalue weighted by atomic mass is 16.4. The fourth-order valence-corrected chi connectivity index (χ4v) is 3.39. The Labute approximate surface area is 164 Å². The number of hydrogen-bond acceptors (Lipinski definition) is 3. The van der Waals surface area contributed by atoms with Gasteiger partial charge in [0.1, 0.15) is 6.29 Å². The monoisotopic (exact) mass is 376 g/mol. The summed E-state index contributed by atoms with van der Waals surface area (Å²) >= 11 is 0. The van der Waals surface area contributed by atoms with Gasteiger partial charge in [-0.3, -0.25) is 14.7 Å². The molecule has 1 N–H and O–H groups in total. The fourth-order valence-electron chi connectivity index (χ4n) is 3.39. The van der Waals surface area contributed by atoms with Crippen LogP contribution in [0, 0.1) is 12.8 Å². The molecular weight excluding hydrogens is 352 g/mol. The molecule has 0 aliphatic heterocycles. The molecule has 28 heavy (non-hydrogen) atoms. The summed E-state index contributed by atoms with van der Waals surface area (Å²) in [5, 5.41) is 10.5. The van der Waals surface area contributed by atoms with Crippen molar-refractivity contribution in [3.63, 3.8) is 0 Å². The molecule has 144 valence electrons. The third kappa shape index (κ3) is 3.74. The second-order valence-corrected chi connectivity index (χ2v) is 7.48. The highest BCUT2D eigenvalue weighted by molar-refractivity contribution is 6.06. The number of pyridine rings is 1. The van der Waals surface area contributed by atoms with Crippen LogP contribution in [0.5, 0.6) is 0 Å². The molecule has 5 nitrogen and oxygen atoms in total. The number of carboxylic acid groups (broad SMARTS) is 1. The van der Waals surface area contributed by atoms with Crippen molar-refractivity contribution in [3.8, 4) is 11.1 Å². The van der Waals surface area contributed by atoms with Crippen molar-refractivity contribution in [3.05, 3.63) is 59.3 Å². The van der Waals surface area contributed by atoms with E-state index in [0.29, 0.717) is 23.6 Å². The maximum Gasteiger partial charge on any atom is 0.411 e. The molecule has 0 radical (unpaired) electrons. The van der Waals surface area contributed by atoms with Crippen LogP contribution in [0.15, 0.2) is 42.5 Å². The second kappa shape index (κ2) is 7.80. The number of fused-ring (bicyclic) bond motifs is 1. The highest BCUT2D eigenvalue weighted by Crippen LogP contribution is 2.40. The fraction of sp³-hybridized carbons (Fsp3) is 0.261. The lowest BCUT2D eigenvalue weighted by molar-refractivity contribution is 0.112. The third-order valence-corrected chi connectivity index (χ3v) is 4.76. The number of aldehydes is 1. The smallest absolute Gasteiger partial charge is 0.411 e. The summed E-state index contributed by atoms with van der Waals surface area (Å²) < 4.78 is 0. The molecule has 2 aromatic carbocycles. The number of carbonyl (C=O) groups is 2. The van der Waals surface area contributed by atoms with Gasteiger partial charge in [0.15, 0.2) is 0 Å². The van der Waals surface area contributed by atoms with E-state index in [4.69, 9.17) is 4.98 Å². The lowest BCUT2D eigenvalue weighted by Crippen LogP contribution is -2.26. The molecule has 3 rings (SSSR count). The lowest BCUT2D eigenvalue weighted by Gasteiger charge is -2.24. The molecule has 0 atom stereocenters. The van der Waals surface area contributed by atoms with Crippen molar-refractivity contribution in [2.75, 3.05) is 11.9 Å². The van der Waals surface area contributed by atoms with Crippen molar-refractivity contribution in [1.29, 1.82) is 0 Å². The summed E-state index contributed by atoms with van der Waals surface area (Å²) in [4.78, 5) is 29.2. The minimum absolute atomic E-state index is 0.311. The zero-order valence-corrected chi connectivity index (χ0v) is 16.6. The Morgan fingerprint density at radius 1 is 1.18 bits per heavy atom. The van der Waals surface area contributed by atoms with Gasteiger partial charge in [0.25, 0.3) is 0 Å². The van der Waals surface area contributed by atoms with Crippen molar-refractivity contribution in [2.45, 2.75) is 27.2 Å². The predicted molar refractivity (Wildman–Crippen MR) is 112 cm³/mol. The van der Waals surface area contributed by atoms with Gasteiger partial charge in [-0.05, 0) is 43.0 Å². The Hall–Kier alpha value is -3.21. The Bertz CT molecular complexity index is 1040. The molecule has 1 amide bonds. The number of anilines is 1. The number of carbonyl (C=O) groups excluding carboxylic acids is 1. The van der Waals surface area contributed by atoms with Gasteiger partial charge in [-0.15, -0.1) is 0 Å². The zero-order valence-electron chi connectivity index (χ0n) is 16.6. The van der Waals surface area contributed by atoms with E-state index in [2.05, 4.69) is 13.8 Å². The van der Waals surface area contributed by atoms with Gasteiger partial charge in [-0.2, -0.15) is 0 Å². The summed E-state index contributed by atoms with van der Waals surface area (Å²) in [5.41, 5.74) is 5.39. The molecule has 1 heterocycles. The van der Waals surface area contributed by atoms with E-state index < -0.39 is 6.09 Å². The van der Waals surface area contributed by atoms with Crippen molar-refractivity contribution in [2.24, 2.45) is 5.92 Å². The molecule has 0 fully saturated rings. The van der Waals surface area contributed by atoms with E-state index in [1.165, 1.54) is 11.9 Å². The van der Waals surface area contributed by atoms with Crippen molar-refractivity contribution in [1.82, 2.24) is 4.98 Å². The minimum atomic E-state index is -1.05. The first-order chi connectivity index (χ1) is 13.3. The number of hydrogen-bond donors (Lipinski definition) is 1. The standard InChI is InChI=1S/C23H24N2O3/c1-14(2)11-20-22(25(4)23(27)28)21(17-8-5-15(3)6-9-17)18-12-16(13-26)7-10-19(18)24-20/h5-10,12-14H,11H2,1-4H3,(H,27,28). The molecule has 0 unspecified atom stereocenters. The van der Waals surface area contributed by atoms with Crippen molar-refractivity contribution < 1.29 is 14.7 Å². The molecule has 1 aromatic heterocycles. The SMILES string of the molecule is Cc1ccc(-c2c(N(C)C(=O)O)c(CC(C)C)nc3ccc(C=O)cc23)cc1. The molecule has 0 saturated heterocycles. The number of amides is 1. The van der Waals surface area contributed by atoms with Gasteiger partial charge in [-0.1, -0.05) is 43.7 Å². The predicted octanol–water partition coefficient (Wildman–Crippen LogP) is 5.34. The van der Waals surface area contributed by atoms with E-state index in [-0.39, 0.29) is 0 Å². The molecule has 0 bridgehead atoms. The number of aryl methyl sites for hydroxylation is 1. The minimum Gasteiger partial charge on any atom is -0.465 e. The van der Waals surface area contributed by atoms with Crippen LogP contribution in [0.25, 0.3) is 22.0 Å². The largest absolute Gasteiger partial charge is 0.465 e. The third-order valence-electron chi connectivity index (χ3n) is 4.76. The van der Waals surface area contributed by atoms with Crippen LogP contribution in [0.2, 0.25) is 0 Å². The average molecular weight is 376 g/mol. The van der Waals surface area contributed by atoms with Crippen LogP contribution in [-0.2, 0) is 6.42 Å². The number of nitrogens with zero attached hydrogens (tertiary/aromatic N) is 2. The van der Waals surface area contributed by atoms with Gasteiger partial charge in [0, 0.05) is 23.6 Å². The van der Waals surface area contributed by atoms with Gasteiger partial charge in [-0.25, -0.2) is 4.79 Å². The highest BCUT2D eigenvalue weighted by Gasteiger charge is 2.23. The number of benzene rings is 2. The van der Waals surface area contributed by atoms with E-state index in [9.17, 15) is 14.7 Å². The van der Waals surface area contributed by atoms with E-state index in [0.717, 1.165) is 39.6 Å². The van der Waals surface area contributed by atoms with Crippen LogP contribution in [-0.4, -0.2) is 29.5 Å². The summed E-state index contributed by atoms with van der Waals surface area (Å²) in [5.74, 6) is 0.311. The Kier molecular flexibility index (Phi) is 5.45. The lowest BCUT2D eigenvalue weighted by atomic mass is 9.93. The molecular formula is C23H24N2O3. The number of aromatic nitrogens is 1. The zero-order chi connectivity index (χ0) is 20.4. The van der Waals surface area contributed by atoms with E-state index >= 15 is 0 Å². The maximum absolute atomic E-state index is 11.9. The first-order valence-corrected chi connectivity index (χ1v) is 9.27. The summed E-state index contributed by atoms with van der Waals surface area (Å²) in [6, 6.07) is 13.3. The molecule has 5 heteroatoms. The van der Waals surface area contributed by atoms with Crippen LogP contribution in [0.4, 0.5) is 10.5 Å². The van der Waals surface area contributed by atoms with E-state index in [1.807, 2.05) is 37.3 Å². The van der Waals surface area contributed by atoms with Crippen LogP contribution < -0.4 is 4.90 Å².